The van der Waals surface area contributed by atoms with Crippen LogP contribution in [0.5, 0.6) is 0 Å². The third-order valence-electron chi connectivity index (χ3n) is 6.08. The van der Waals surface area contributed by atoms with Crippen molar-refractivity contribution >= 4 is 28.5 Å². The largest absolute Gasteiger partial charge is 0.341 e. The first-order valence-electron chi connectivity index (χ1n) is 10.3. The molecule has 0 N–H and O–H groups in total. The molecule has 0 unspecified atom stereocenters. The summed E-state index contributed by atoms with van der Waals surface area (Å²) in [5.41, 5.74) is 7.15. The molecule has 1 saturated heterocycles. The van der Waals surface area contributed by atoms with Crippen LogP contribution < -0.4 is 0 Å². The SMILES string of the molecule is Cc1ccc(Cl)cc1-n1c(C)cc([C@@H]2[C@@H](c3ccccn3)N=C3S[C@@H](C)CN32)c1C. The first kappa shape index (κ1) is 19.7. The van der Waals surface area contributed by atoms with Crippen LogP contribution in [-0.2, 0) is 0 Å². The number of aryl methyl sites for hydroxylation is 2. The van der Waals surface area contributed by atoms with E-state index in [1.165, 1.54) is 22.5 Å². The lowest BCUT2D eigenvalue weighted by Gasteiger charge is -2.27. The molecule has 0 bridgehead atoms. The summed E-state index contributed by atoms with van der Waals surface area (Å²) >= 11 is 8.22. The second kappa shape index (κ2) is 7.47. The summed E-state index contributed by atoms with van der Waals surface area (Å²) in [5, 5.41) is 2.45. The second-order valence-corrected chi connectivity index (χ2v) is 10.1. The summed E-state index contributed by atoms with van der Waals surface area (Å²) in [6.45, 7) is 9.80. The van der Waals surface area contributed by atoms with Gasteiger partial charge in [-0.1, -0.05) is 42.4 Å². The highest BCUT2D eigenvalue weighted by atomic mass is 35.5. The molecule has 4 nitrogen and oxygen atoms in total. The van der Waals surface area contributed by atoms with Crippen LogP contribution in [-0.4, -0.2) is 31.4 Å². The number of aromatic nitrogens is 2. The van der Waals surface area contributed by atoms with Crippen LogP contribution in [0.25, 0.3) is 5.69 Å². The first-order valence-corrected chi connectivity index (χ1v) is 11.6. The molecule has 0 radical (unpaired) electrons. The van der Waals surface area contributed by atoms with Crippen molar-refractivity contribution in [2.45, 2.75) is 45.0 Å². The Kier molecular flexibility index (Phi) is 4.91. The third-order valence-corrected chi connectivity index (χ3v) is 7.42. The number of thioether (sulfide) groups is 1. The maximum atomic E-state index is 6.35. The Balaban J connectivity index is 1.64. The van der Waals surface area contributed by atoms with E-state index >= 15 is 0 Å². The molecule has 0 saturated carbocycles. The van der Waals surface area contributed by atoms with E-state index in [0.29, 0.717) is 5.25 Å². The third kappa shape index (κ3) is 3.15. The minimum Gasteiger partial charge on any atom is -0.341 e. The van der Waals surface area contributed by atoms with E-state index in [4.69, 9.17) is 16.6 Å². The number of rotatable bonds is 3. The van der Waals surface area contributed by atoms with Crippen molar-refractivity contribution in [2.24, 2.45) is 4.99 Å². The number of halogens is 1. The average Bonchev–Trinajstić information content (AvgIpc) is 3.34. The molecular formula is C24H25ClN4S. The number of aliphatic imine (C=N–C) groups is 1. The van der Waals surface area contributed by atoms with E-state index in [-0.39, 0.29) is 12.1 Å². The van der Waals surface area contributed by atoms with Gasteiger partial charge in [-0.15, -0.1) is 0 Å². The molecule has 6 heteroatoms. The predicted molar refractivity (Wildman–Crippen MR) is 126 cm³/mol. The molecule has 0 amide bonds. The van der Waals surface area contributed by atoms with Crippen LogP contribution in [0, 0.1) is 20.8 Å². The van der Waals surface area contributed by atoms with Crippen molar-refractivity contribution in [3.05, 3.63) is 81.9 Å². The van der Waals surface area contributed by atoms with E-state index in [9.17, 15) is 0 Å². The standard InChI is InChI=1S/C24H25ClN4S/c1-14-8-9-18(25)12-21(14)29-15(2)11-19(17(29)4)23-22(20-7-5-6-10-26-20)27-24-28(23)13-16(3)30-24/h5-12,16,22-23H,13H2,1-4H3/t16-,22+,23+/m0/s1. The van der Waals surface area contributed by atoms with Crippen molar-refractivity contribution in [3.8, 4) is 5.69 Å². The Labute approximate surface area is 187 Å². The summed E-state index contributed by atoms with van der Waals surface area (Å²) in [5.74, 6) is 0. The Morgan fingerprint density at radius 3 is 2.70 bits per heavy atom. The highest BCUT2D eigenvalue weighted by molar-refractivity contribution is 8.14. The number of nitrogens with zero attached hydrogens (tertiary/aromatic N) is 4. The molecule has 0 spiro atoms. The molecule has 3 aromatic rings. The van der Waals surface area contributed by atoms with Gasteiger partial charge in [0, 0.05) is 40.1 Å². The van der Waals surface area contributed by atoms with Gasteiger partial charge in [0.1, 0.15) is 6.04 Å². The minimum absolute atomic E-state index is 0.00982. The number of hydrogen-bond acceptors (Lipinski definition) is 4. The van der Waals surface area contributed by atoms with E-state index < -0.39 is 0 Å². The number of pyridine rings is 1. The van der Waals surface area contributed by atoms with Crippen molar-refractivity contribution in [2.75, 3.05) is 6.54 Å². The lowest BCUT2D eigenvalue weighted by molar-refractivity contribution is 0.320. The van der Waals surface area contributed by atoms with E-state index in [2.05, 4.69) is 72.5 Å². The fraction of sp³-hybridized carbons (Fsp3) is 0.333. The molecule has 4 heterocycles. The van der Waals surface area contributed by atoms with E-state index in [1.54, 1.807) is 0 Å². The zero-order valence-corrected chi connectivity index (χ0v) is 19.2. The molecule has 2 aliphatic rings. The molecule has 0 aliphatic carbocycles. The van der Waals surface area contributed by atoms with Gasteiger partial charge in [0.15, 0.2) is 5.17 Å². The fourth-order valence-electron chi connectivity index (χ4n) is 4.74. The van der Waals surface area contributed by atoms with Gasteiger partial charge in [-0.25, -0.2) is 0 Å². The molecule has 5 rings (SSSR count). The van der Waals surface area contributed by atoms with Crippen molar-refractivity contribution in [1.29, 1.82) is 0 Å². The van der Waals surface area contributed by atoms with E-state index in [1.807, 2.05) is 30.1 Å². The molecule has 1 aromatic carbocycles. The van der Waals surface area contributed by atoms with Gasteiger partial charge in [0.25, 0.3) is 0 Å². The monoisotopic (exact) mass is 436 g/mol. The van der Waals surface area contributed by atoms with Crippen LogP contribution >= 0.6 is 23.4 Å². The van der Waals surface area contributed by atoms with Gasteiger partial charge in [-0.2, -0.15) is 0 Å². The zero-order chi connectivity index (χ0) is 21.0. The summed E-state index contributed by atoms with van der Waals surface area (Å²) in [7, 11) is 0. The number of benzene rings is 1. The maximum Gasteiger partial charge on any atom is 0.160 e. The predicted octanol–water partition coefficient (Wildman–Crippen LogP) is 6.04. The van der Waals surface area contributed by atoms with Gasteiger partial charge in [-0.3, -0.25) is 9.98 Å². The Morgan fingerprint density at radius 2 is 1.93 bits per heavy atom. The molecular weight excluding hydrogens is 412 g/mol. The lowest BCUT2D eigenvalue weighted by Crippen LogP contribution is -2.28. The highest BCUT2D eigenvalue weighted by Gasteiger charge is 2.44. The highest BCUT2D eigenvalue weighted by Crippen LogP contribution is 2.49. The van der Waals surface area contributed by atoms with Crippen molar-refractivity contribution in [3.63, 3.8) is 0 Å². The van der Waals surface area contributed by atoms with Crippen LogP contribution in [0.3, 0.4) is 0 Å². The van der Waals surface area contributed by atoms with Gasteiger partial charge >= 0.3 is 0 Å². The molecule has 30 heavy (non-hydrogen) atoms. The summed E-state index contributed by atoms with van der Waals surface area (Å²) in [4.78, 5) is 12.3. The second-order valence-electron chi connectivity index (χ2n) is 8.23. The molecule has 2 aliphatic heterocycles. The average molecular weight is 437 g/mol. The fourth-order valence-corrected chi connectivity index (χ4v) is 5.99. The van der Waals surface area contributed by atoms with Gasteiger partial charge in [0.2, 0.25) is 0 Å². The summed E-state index contributed by atoms with van der Waals surface area (Å²) in [6, 6.07) is 14.7. The van der Waals surface area contributed by atoms with Gasteiger partial charge in [0.05, 0.1) is 11.7 Å². The van der Waals surface area contributed by atoms with Crippen LogP contribution in [0.4, 0.5) is 0 Å². The zero-order valence-electron chi connectivity index (χ0n) is 17.6. The first-order chi connectivity index (χ1) is 14.4. The summed E-state index contributed by atoms with van der Waals surface area (Å²) in [6.07, 6.45) is 1.87. The van der Waals surface area contributed by atoms with Crippen molar-refractivity contribution in [1.82, 2.24) is 14.5 Å². The quantitative estimate of drug-likeness (QED) is 0.501. The van der Waals surface area contributed by atoms with Gasteiger partial charge < -0.3 is 9.47 Å². The lowest BCUT2D eigenvalue weighted by atomic mass is 9.96. The molecule has 154 valence electrons. The Bertz CT molecular complexity index is 1140. The van der Waals surface area contributed by atoms with Crippen molar-refractivity contribution < 1.29 is 0 Å². The van der Waals surface area contributed by atoms with Crippen LogP contribution in [0.15, 0.2) is 53.7 Å². The Morgan fingerprint density at radius 1 is 1.10 bits per heavy atom. The molecule has 1 fully saturated rings. The number of fused-ring (bicyclic) bond motifs is 1. The molecule has 3 atom stereocenters. The Hall–Kier alpha value is -2.24. The number of amidine groups is 1. The normalized spacial score (nSPS) is 23.0. The van der Waals surface area contributed by atoms with Crippen LogP contribution in [0.1, 0.15) is 47.2 Å². The van der Waals surface area contributed by atoms with E-state index in [0.717, 1.165) is 28.1 Å². The minimum atomic E-state index is 0.00982. The topological polar surface area (TPSA) is 33.4 Å². The van der Waals surface area contributed by atoms with Gasteiger partial charge in [-0.05, 0) is 62.2 Å². The number of hydrogen-bond donors (Lipinski definition) is 0. The smallest absolute Gasteiger partial charge is 0.160 e. The summed E-state index contributed by atoms with van der Waals surface area (Å²) < 4.78 is 2.33. The maximum absolute atomic E-state index is 6.35. The van der Waals surface area contributed by atoms with Crippen LogP contribution in [0.2, 0.25) is 5.02 Å². The molecule has 2 aromatic heterocycles.